The van der Waals surface area contributed by atoms with E-state index in [0.29, 0.717) is 23.7 Å². The summed E-state index contributed by atoms with van der Waals surface area (Å²) in [4.78, 5) is 17.4. The minimum Gasteiger partial charge on any atom is -0.490 e. The van der Waals surface area contributed by atoms with Crippen molar-refractivity contribution >= 4 is 5.91 Å². The number of nitrogens with zero attached hydrogens (tertiary/aromatic N) is 4. The molecule has 30 heavy (non-hydrogen) atoms. The lowest BCUT2D eigenvalue weighted by Crippen LogP contribution is -2.52. The number of aryl methyl sites for hydroxylation is 1. The van der Waals surface area contributed by atoms with Crippen LogP contribution >= 0.6 is 0 Å². The van der Waals surface area contributed by atoms with Crippen LogP contribution in [-0.4, -0.2) is 64.2 Å². The Hall–Kier alpha value is -2.41. The van der Waals surface area contributed by atoms with Crippen LogP contribution in [0.2, 0.25) is 0 Å². The van der Waals surface area contributed by atoms with Crippen LogP contribution in [0.5, 0.6) is 5.75 Å². The van der Waals surface area contributed by atoms with Gasteiger partial charge in [0.1, 0.15) is 5.75 Å². The fourth-order valence-electron chi connectivity index (χ4n) is 4.43. The third-order valence-electron chi connectivity index (χ3n) is 6.31. The lowest BCUT2D eigenvalue weighted by atomic mass is 9.86. The summed E-state index contributed by atoms with van der Waals surface area (Å²) >= 11 is 0. The molecular formula is C23H32N4O3. The van der Waals surface area contributed by atoms with Gasteiger partial charge in [0.25, 0.3) is 0 Å². The minimum absolute atomic E-state index is 0.151. The molecule has 0 atom stereocenters. The summed E-state index contributed by atoms with van der Waals surface area (Å²) in [6.45, 7) is 9.91. The highest BCUT2D eigenvalue weighted by atomic mass is 16.5. The first-order chi connectivity index (χ1) is 14.5. The van der Waals surface area contributed by atoms with Crippen molar-refractivity contribution in [3.05, 3.63) is 30.2 Å². The van der Waals surface area contributed by atoms with Crippen LogP contribution < -0.4 is 4.74 Å². The summed E-state index contributed by atoms with van der Waals surface area (Å²) in [5, 5.41) is 7.91. The van der Waals surface area contributed by atoms with Gasteiger partial charge in [-0.05, 0) is 63.8 Å². The Morgan fingerprint density at radius 3 is 2.27 bits per heavy atom. The smallest absolute Gasteiger partial charge is 0.247 e. The molecule has 7 heteroatoms. The number of piperazine rings is 1. The van der Waals surface area contributed by atoms with Gasteiger partial charge in [0.2, 0.25) is 17.7 Å². The highest BCUT2D eigenvalue weighted by Gasteiger charge is 2.32. The van der Waals surface area contributed by atoms with Gasteiger partial charge in [-0.15, -0.1) is 10.2 Å². The molecule has 1 aromatic carbocycles. The van der Waals surface area contributed by atoms with E-state index in [0.717, 1.165) is 63.2 Å². The molecule has 1 aliphatic carbocycles. The zero-order valence-corrected chi connectivity index (χ0v) is 18.2. The molecule has 1 aliphatic heterocycles. The summed E-state index contributed by atoms with van der Waals surface area (Å²) in [6, 6.07) is 8.32. The first-order valence-electron chi connectivity index (χ1n) is 11.1. The van der Waals surface area contributed by atoms with Crippen molar-refractivity contribution in [1.29, 1.82) is 0 Å². The van der Waals surface area contributed by atoms with E-state index < -0.39 is 0 Å². The standard InChI is InChI=1S/C23H32N4O3/c1-16(2)26-12-14-27(15-13-26)23(28)19-6-10-21(11-7-19)30-20-8-4-18(5-9-20)22-25-24-17(3)29-22/h4-5,8-9,16,19,21H,6-7,10-15H2,1-3H3/t19-,21-. The van der Waals surface area contributed by atoms with Crippen molar-refractivity contribution in [3.8, 4) is 17.2 Å². The third-order valence-corrected chi connectivity index (χ3v) is 6.31. The van der Waals surface area contributed by atoms with Gasteiger partial charge < -0.3 is 14.1 Å². The number of carbonyl (C=O) groups excluding carboxylic acids is 1. The molecule has 1 saturated carbocycles. The molecule has 7 nitrogen and oxygen atoms in total. The molecule has 162 valence electrons. The molecular weight excluding hydrogens is 380 g/mol. The van der Waals surface area contributed by atoms with Gasteiger partial charge in [0, 0.05) is 50.6 Å². The Morgan fingerprint density at radius 1 is 1.03 bits per heavy atom. The molecule has 2 fully saturated rings. The molecule has 0 radical (unpaired) electrons. The number of hydrogen-bond donors (Lipinski definition) is 0. The molecule has 2 aromatic rings. The van der Waals surface area contributed by atoms with Gasteiger partial charge in [0.05, 0.1) is 6.10 Å². The average Bonchev–Trinajstić information content (AvgIpc) is 3.21. The number of ether oxygens (including phenoxy) is 1. The summed E-state index contributed by atoms with van der Waals surface area (Å²) in [7, 11) is 0. The second-order valence-corrected chi connectivity index (χ2v) is 8.70. The van der Waals surface area contributed by atoms with Crippen molar-refractivity contribution in [2.75, 3.05) is 26.2 Å². The summed E-state index contributed by atoms with van der Waals surface area (Å²) in [5.41, 5.74) is 0.884. The molecule has 0 spiro atoms. The Labute approximate surface area is 178 Å². The monoisotopic (exact) mass is 412 g/mol. The van der Waals surface area contributed by atoms with Crippen LogP contribution in [0.15, 0.2) is 28.7 Å². The molecule has 0 unspecified atom stereocenters. The van der Waals surface area contributed by atoms with E-state index >= 15 is 0 Å². The highest BCUT2D eigenvalue weighted by molar-refractivity contribution is 5.79. The van der Waals surface area contributed by atoms with Crippen LogP contribution in [-0.2, 0) is 4.79 Å². The van der Waals surface area contributed by atoms with Crippen LogP contribution in [0.25, 0.3) is 11.5 Å². The molecule has 1 aromatic heterocycles. The Morgan fingerprint density at radius 2 is 1.70 bits per heavy atom. The Bertz CT molecular complexity index is 832. The van der Waals surface area contributed by atoms with Gasteiger partial charge in [0.15, 0.2) is 0 Å². The van der Waals surface area contributed by atoms with Crippen molar-refractivity contribution in [2.24, 2.45) is 5.92 Å². The van der Waals surface area contributed by atoms with E-state index in [2.05, 4.69) is 33.8 Å². The van der Waals surface area contributed by atoms with Crippen LogP contribution in [0.1, 0.15) is 45.4 Å². The van der Waals surface area contributed by atoms with E-state index in [4.69, 9.17) is 9.15 Å². The largest absolute Gasteiger partial charge is 0.490 e. The maximum atomic E-state index is 12.9. The molecule has 4 rings (SSSR count). The van der Waals surface area contributed by atoms with Gasteiger partial charge >= 0.3 is 0 Å². The van der Waals surface area contributed by atoms with Crippen molar-refractivity contribution in [1.82, 2.24) is 20.0 Å². The first-order valence-corrected chi connectivity index (χ1v) is 11.1. The average molecular weight is 413 g/mol. The highest BCUT2D eigenvalue weighted by Crippen LogP contribution is 2.30. The topological polar surface area (TPSA) is 71.7 Å². The first kappa shape index (κ1) is 20.8. The molecule has 1 saturated heterocycles. The number of hydrogen-bond acceptors (Lipinski definition) is 6. The third kappa shape index (κ3) is 4.83. The number of carbonyl (C=O) groups is 1. The molecule has 2 heterocycles. The normalized spacial score (nSPS) is 23.0. The number of amides is 1. The van der Waals surface area contributed by atoms with E-state index in [1.165, 1.54) is 0 Å². The van der Waals surface area contributed by atoms with Crippen molar-refractivity contribution in [2.45, 2.75) is 58.6 Å². The molecule has 1 amide bonds. The van der Waals surface area contributed by atoms with Crippen LogP contribution in [0, 0.1) is 12.8 Å². The van der Waals surface area contributed by atoms with Gasteiger partial charge in [-0.3, -0.25) is 9.69 Å². The van der Waals surface area contributed by atoms with Gasteiger partial charge in [-0.2, -0.15) is 0 Å². The SMILES string of the molecule is Cc1nnc(-c2ccc(O[C@H]3CC[C@H](C(=O)N4CCN(C(C)C)CC4)CC3)cc2)o1. The maximum absolute atomic E-state index is 12.9. The Kier molecular flexibility index (Phi) is 6.37. The summed E-state index contributed by atoms with van der Waals surface area (Å²) in [6.07, 6.45) is 3.84. The van der Waals surface area contributed by atoms with Crippen LogP contribution in [0.4, 0.5) is 0 Å². The fraction of sp³-hybridized carbons (Fsp3) is 0.609. The minimum atomic E-state index is 0.151. The predicted octanol–water partition coefficient (Wildman–Crippen LogP) is 3.54. The fourth-order valence-corrected chi connectivity index (χ4v) is 4.43. The molecule has 0 bridgehead atoms. The van der Waals surface area contributed by atoms with Crippen molar-refractivity contribution < 1.29 is 13.9 Å². The predicted molar refractivity (Wildman–Crippen MR) is 114 cm³/mol. The number of rotatable bonds is 5. The zero-order valence-electron chi connectivity index (χ0n) is 18.2. The quantitative estimate of drug-likeness (QED) is 0.748. The van der Waals surface area contributed by atoms with Crippen LogP contribution in [0.3, 0.4) is 0 Å². The van der Waals surface area contributed by atoms with E-state index in [9.17, 15) is 4.79 Å². The van der Waals surface area contributed by atoms with Crippen molar-refractivity contribution in [3.63, 3.8) is 0 Å². The summed E-state index contributed by atoms with van der Waals surface area (Å²) in [5.74, 6) is 2.41. The van der Waals surface area contributed by atoms with E-state index in [1.807, 2.05) is 24.3 Å². The van der Waals surface area contributed by atoms with E-state index in [1.54, 1.807) is 6.92 Å². The second kappa shape index (κ2) is 9.16. The van der Waals surface area contributed by atoms with Gasteiger partial charge in [-0.25, -0.2) is 0 Å². The maximum Gasteiger partial charge on any atom is 0.247 e. The number of aromatic nitrogens is 2. The summed E-state index contributed by atoms with van der Waals surface area (Å²) < 4.78 is 11.6. The van der Waals surface area contributed by atoms with E-state index in [-0.39, 0.29) is 12.0 Å². The van der Waals surface area contributed by atoms with Gasteiger partial charge in [-0.1, -0.05) is 0 Å². The lowest BCUT2D eigenvalue weighted by molar-refractivity contribution is -0.139. The number of benzene rings is 1. The Balaban J connectivity index is 1.24. The lowest BCUT2D eigenvalue weighted by Gasteiger charge is -2.39. The molecule has 0 N–H and O–H groups in total. The zero-order chi connectivity index (χ0) is 21.1. The second-order valence-electron chi connectivity index (χ2n) is 8.70. The molecule has 2 aliphatic rings.